The first-order chi connectivity index (χ1) is 8.24. The second-order valence-corrected chi connectivity index (χ2v) is 5.60. The van der Waals surface area contributed by atoms with Crippen LogP contribution in [-0.2, 0) is 11.5 Å². The number of piperazine rings is 1. The molecule has 0 radical (unpaired) electrons. The summed E-state index contributed by atoms with van der Waals surface area (Å²) in [6.45, 7) is 4.11. The summed E-state index contributed by atoms with van der Waals surface area (Å²) >= 11 is 1.86. The molecule has 1 aromatic rings. The SMILES string of the molecule is CN1CCN(c2nc(N)c3c(n2)CSC3)CC1. The number of likely N-dealkylation sites (N-methyl/N-ethyl adjacent to an activating group) is 1. The van der Waals surface area contributed by atoms with Crippen molar-refractivity contribution in [3.63, 3.8) is 0 Å². The zero-order valence-electron chi connectivity index (χ0n) is 10.0. The van der Waals surface area contributed by atoms with E-state index in [1.807, 2.05) is 11.8 Å². The maximum absolute atomic E-state index is 6.01. The molecule has 1 saturated heterocycles. The lowest BCUT2D eigenvalue weighted by Gasteiger charge is -2.32. The van der Waals surface area contributed by atoms with E-state index >= 15 is 0 Å². The standard InChI is InChI=1S/C11H17N5S/c1-15-2-4-16(5-3-15)11-13-9-7-17-6-8(9)10(12)14-11/h2-7H2,1H3,(H2,12,13,14). The van der Waals surface area contributed by atoms with Crippen molar-refractivity contribution >= 4 is 23.5 Å². The molecule has 0 amide bonds. The van der Waals surface area contributed by atoms with Gasteiger partial charge in [-0.05, 0) is 7.05 Å². The third-order valence-corrected chi connectivity index (χ3v) is 4.35. The molecule has 6 heteroatoms. The van der Waals surface area contributed by atoms with Crippen LogP contribution in [0.4, 0.5) is 11.8 Å². The summed E-state index contributed by atoms with van der Waals surface area (Å²) in [5.74, 6) is 3.43. The second-order valence-electron chi connectivity index (χ2n) is 4.62. The number of nitrogens with zero attached hydrogens (tertiary/aromatic N) is 4. The van der Waals surface area contributed by atoms with Gasteiger partial charge in [0.25, 0.3) is 0 Å². The topological polar surface area (TPSA) is 58.3 Å². The highest BCUT2D eigenvalue weighted by atomic mass is 32.2. The Morgan fingerprint density at radius 2 is 1.88 bits per heavy atom. The molecule has 92 valence electrons. The van der Waals surface area contributed by atoms with Gasteiger partial charge in [-0.25, -0.2) is 4.98 Å². The van der Waals surface area contributed by atoms with Crippen molar-refractivity contribution in [1.29, 1.82) is 0 Å². The Morgan fingerprint density at radius 1 is 1.12 bits per heavy atom. The summed E-state index contributed by atoms with van der Waals surface area (Å²) in [6.07, 6.45) is 0. The van der Waals surface area contributed by atoms with E-state index in [2.05, 4.69) is 26.8 Å². The van der Waals surface area contributed by atoms with Crippen molar-refractivity contribution in [2.24, 2.45) is 0 Å². The minimum atomic E-state index is 0.675. The van der Waals surface area contributed by atoms with Crippen molar-refractivity contribution < 1.29 is 0 Å². The summed E-state index contributed by atoms with van der Waals surface area (Å²) < 4.78 is 0. The van der Waals surface area contributed by atoms with Gasteiger partial charge in [0.05, 0.1) is 5.69 Å². The van der Waals surface area contributed by atoms with E-state index in [0.29, 0.717) is 5.82 Å². The fourth-order valence-electron chi connectivity index (χ4n) is 2.21. The lowest BCUT2D eigenvalue weighted by atomic mass is 10.2. The first-order valence-electron chi connectivity index (χ1n) is 5.90. The summed E-state index contributed by atoms with van der Waals surface area (Å²) in [5, 5.41) is 0. The number of nitrogen functional groups attached to an aromatic ring is 1. The van der Waals surface area contributed by atoms with Crippen molar-refractivity contribution in [3.8, 4) is 0 Å². The Hall–Kier alpha value is -1.01. The third kappa shape index (κ3) is 2.07. The molecule has 0 atom stereocenters. The summed E-state index contributed by atoms with van der Waals surface area (Å²) in [6, 6.07) is 0. The van der Waals surface area contributed by atoms with Crippen LogP contribution in [0.1, 0.15) is 11.3 Å². The van der Waals surface area contributed by atoms with Crippen LogP contribution < -0.4 is 10.6 Å². The quantitative estimate of drug-likeness (QED) is 0.787. The molecule has 2 aliphatic heterocycles. The monoisotopic (exact) mass is 251 g/mol. The lowest BCUT2D eigenvalue weighted by Crippen LogP contribution is -2.45. The average molecular weight is 251 g/mol. The maximum atomic E-state index is 6.01. The number of aromatic nitrogens is 2. The van der Waals surface area contributed by atoms with Crippen LogP contribution in [-0.4, -0.2) is 48.1 Å². The summed E-state index contributed by atoms with van der Waals surface area (Å²) in [4.78, 5) is 13.7. The number of hydrogen-bond donors (Lipinski definition) is 1. The zero-order chi connectivity index (χ0) is 11.8. The highest BCUT2D eigenvalue weighted by molar-refractivity contribution is 7.98. The first-order valence-corrected chi connectivity index (χ1v) is 7.06. The van der Waals surface area contributed by atoms with Crippen LogP contribution in [0.3, 0.4) is 0 Å². The van der Waals surface area contributed by atoms with Crippen molar-refractivity contribution in [2.75, 3.05) is 43.9 Å². The van der Waals surface area contributed by atoms with Gasteiger partial charge in [-0.1, -0.05) is 0 Å². The molecule has 1 aromatic heterocycles. The van der Waals surface area contributed by atoms with E-state index in [4.69, 9.17) is 5.73 Å². The Balaban J connectivity index is 1.86. The molecule has 0 bridgehead atoms. The van der Waals surface area contributed by atoms with Crippen LogP contribution >= 0.6 is 11.8 Å². The van der Waals surface area contributed by atoms with Crippen molar-refractivity contribution in [3.05, 3.63) is 11.3 Å². The summed E-state index contributed by atoms with van der Waals surface area (Å²) in [7, 11) is 2.14. The van der Waals surface area contributed by atoms with E-state index in [0.717, 1.165) is 54.9 Å². The molecular formula is C11H17N5S. The Morgan fingerprint density at radius 3 is 2.65 bits per heavy atom. The van der Waals surface area contributed by atoms with Gasteiger partial charge in [0.1, 0.15) is 5.82 Å². The van der Waals surface area contributed by atoms with Gasteiger partial charge >= 0.3 is 0 Å². The number of thioether (sulfide) groups is 1. The largest absolute Gasteiger partial charge is 0.383 e. The van der Waals surface area contributed by atoms with E-state index in [-0.39, 0.29) is 0 Å². The number of anilines is 2. The van der Waals surface area contributed by atoms with Gasteiger partial charge in [-0.2, -0.15) is 16.7 Å². The van der Waals surface area contributed by atoms with Crippen LogP contribution in [0.25, 0.3) is 0 Å². The van der Waals surface area contributed by atoms with E-state index in [1.165, 1.54) is 0 Å². The van der Waals surface area contributed by atoms with Gasteiger partial charge < -0.3 is 15.5 Å². The lowest BCUT2D eigenvalue weighted by molar-refractivity contribution is 0.311. The maximum Gasteiger partial charge on any atom is 0.227 e. The molecule has 0 aromatic carbocycles. The highest BCUT2D eigenvalue weighted by Crippen LogP contribution is 2.32. The van der Waals surface area contributed by atoms with E-state index in [9.17, 15) is 0 Å². The minimum Gasteiger partial charge on any atom is -0.383 e. The molecule has 2 aliphatic rings. The second kappa shape index (κ2) is 4.34. The molecule has 0 aliphatic carbocycles. The van der Waals surface area contributed by atoms with Crippen LogP contribution in [0, 0.1) is 0 Å². The molecule has 2 N–H and O–H groups in total. The third-order valence-electron chi connectivity index (χ3n) is 3.38. The Kier molecular flexibility index (Phi) is 2.84. The number of nitrogens with two attached hydrogens (primary N) is 1. The molecule has 1 fully saturated rings. The van der Waals surface area contributed by atoms with E-state index < -0.39 is 0 Å². The minimum absolute atomic E-state index is 0.675. The average Bonchev–Trinajstić information content (AvgIpc) is 2.78. The van der Waals surface area contributed by atoms with Crippen molar-refractivity contribution in [2.45, 2.75) is 11.5 Å². The highest BCUT2D eigenvalue weighted by Gasteiger charge is 2.22. The number of rotatable bonds is 1. The van der Waals surface area contributed by atoms with Gasteiger partial charge in [-0.3, -0.25) is 0 Å². The fraction of sp³-hybridized carbons (Fsp3) is 0.636. The molecule has 5 nitrogen and oxygen atoms in total. The molecule has 0 spiro atoms. The smallest absolute Gasteiger partial charge is 0.227 e. The summed E-state index contributed by atoms with van der Waals surface area (Å²) in [5.41, 5.74) is 8.29. The zero-order valence-corrected chi connectivity index (χ0v) is 10.8. The number of fused-ring (bicyclic) bond motifs is 1. The molecular weight excluding hydrogens is 234 g/mol. The fourth-order valence-corrected chi connectivity index (χ4v) is 3.26. The molecule has 3 heterocycles. The normalized spacial score (nSPS) is 20.6. The van der Waals surface area contributed by atoms with Crippen LogP contribution in [0.15, 0.2) is 0 Å². The Labute approximate surface area is 105 Å². The molecule has 3 rings (SSSR count). The molecule has 17 heavy (non-hydrogen) atoms. The van der Waals surface area contributed by atoms with E-state index in [1.54, 1.807) is 0 Å². The number of hydrogen-bond acceptors (Lipinski definition) is 6. The van der Waals surface area contributed by atoms with Crippen molar-refractivity contribution in [1.82, 2.24) is 14.9 Å². The van der Waals surface area contributed by atoms with Crippen LogP contribution in [0.2, 0.25) is 0 Å². The predicted octanol–water partition coefficient (Wildman–Crippen LogP) is 0.557. The molecule has 0 unspecified atom stereocenters. The molecule has 0 saturated carbocycles. The van der Waals surface area contributed by atoms with Gasteiger partial charge in [0.15, 0.2) is 0 Å². The van der Waals surface area contributed by atoms with Gasteiger partial charge in [0.2, 0.25) is 5.95 Å². The van der Waals surface area contributed by atoms with Crippen LogP contribution in [0.5, 0.6) is 0 Å². The Bertz CT molecular complexity index is 428. The first kappa shape index (κ1) is 11.1. The van der Waals surface area contributed by atoms with Gasteiger partial charge in [-0.15, -0.1) is 0 Å². The van der Waals surface area contributed by atoms with Gasteiger partial charge in [0, 0.05) is 43.2 Å². The predicted molar refractivity (Wildman–Crippen MR) is 71.2 cm³/mol.